The molecule has 2 aromatic rings. The van der Waals surface area contributed by atoms with Gasteiger partial charge in [0.15, 0.2) is 0 Å². The van der Waals surface area contributed by atoms with Crippen LogP contribution in [0.25, 0.3) is 0 Å². The van der Waals surface area contributed by atoms with Crippen LogP contribution < -0.4 is 9.62 Å². The van der Waals surface area contributed by atoms with Gasteiger partial charge in [-0.05, 0) is 43.2 Å². The normalized spacial score (nSPS) is 17.5. The molecule has 0 aliphatic carbocycles. The Balaban J connectivity index is 1.71. The zero-order chi connectivity index (χ0) is 24.4. The zero-order valence-corrected chi connectivity index (χ0v) is 21.3. The van der Waals surface area contributed by atoms with Crippen molar-refractivity contribution in [2.24, 2.45) is 5.92 Å². The SMILES string of the molecule is CN(c1cccc(NC(=O)[C@H]2CCCN(S(=O)(=O)Cc3c(Cl)cccc3Cl)C2)c1)S(C)(=O)=O. The van der Waals surface area contributed by atoms with Crippen LogP contribution in [-0.2, 0) is 30.6 Å². The molecule has 33 heavy (non-hydrogen) atoms. The highest BCUT2D eigenvalue weighted by molar-refractivity contribution is 7.92. The number of rotatable bonds is 7. The summed E-state index contributed by atoms with van der Waals surface area (Å²) in [6, 6.07) is 11.3. The molecule has 1 fully saturated rings. The van der Waals surface area contributed by atoms with Crippen LogP contribution in [0.15, 0.2) is 42.5 Å². The van der Waals surface area contributed by atoms with Gasteiger partial charge in [0.05, 0.1) is 23.6 Å². The molecule has 1 N–H and O–H groups in total. The molecular weight excluding hydrogens is 509 g/mol. The Labute approximate surface area is 204 Å². The molecule has 0 bridgehead atoms. The third kappa shape index (κ3) is 6.39. The molecule has 3 rings (SSSR count). The number of nitrogens with one attached hydrogen (secondary N) is 1. The van der Waals surface area contributed by atoms with Gasteiger partial charge in [-0.1, -0.05) is 35.3 Å². The van der Waals surface area contributed by atoms with Crippen molar-refractivity contribution in [2.75, 3.05) is 36.0 Å². The minimum Gasteiger partial charge on any atom is -0.326 e. The van der Waals surface area contributed by atoms with Gasteiger partial charge in [0.1, 0.15) is 0 Å². The number of carbonyl (C=O) groups is 1. The van der Waals surface area contributed by atoms with Crippen molar-refractivity contribution < 1.29 is 21.6 Å². The Morgan fingerprint density at radius 2 is 1.76 bits per heavy atom. The third-order valence-electron chi connectivity index (χ3n) is 5.51. The lowest BCUT2D eigenvalue weighted by molar-refractivity contribution is -0.120. The maximum absolute atomic E-state index is 13.0. The molecule has 180 valence electrons. The Hall–Kier alpha value is -1.85. The van der Waals surface area contributed by atoms with Gasteiger partial charge in [-0.3, -0.25) is 9.10 Å². The lowest BCUT2D eigenvalue weighted by Gasteiger charge is -2.31. The average molecular weight is 534 g/mol. The first-order chi connectivity index (χ1) is 15.4. The van der Waals surface area contributed by atoms with E-state index in [4.69, 9.17) is 23.2 Å². The van der Waals surface area contributed by atoms with Crippen LogP contribution in [0.4, 0.5) is 11.4 Å². The standard InChI is InChI=1S/C21H25Cl2N3O5S2/c1-25(32(2,28)29)17-8-3-7-16(12-17)24-21(27)15-6-5-11-26(13-15)33(30,31)14-18-19(22)9-4-10-20(18)23/h3-4,7-10,12,15H,5-6,11,13-14H2,1-2H3,(H,24,27)/t15-/m0/s1. The first-order valence-corrected chi connectivity index (χ1v) is 14.4. The summed E-state index contributed by atoms with van der Waals surface area (Å²) in [4.78, 5) is 12.9. The fourth-order valence-electron chi connectivity index (χ4n) is 3.57. The number of anilines is 2. The summed E-state index contributed by atoms with van der Waals surface area (Å²) in [6.07, 6.45) is 2.16. The molecule has 8 nitrogen and oxygen atoms in total. The van der Waals surface area contributed by atoms with Gasteiger partial charge in [0.2, 0.25) is 26.0 Å². The van der Waals surface area contributed by atoms with Crippen molar-refractivity contribution in [2.45, 2.75) is 18.6 Å². The molecule has 0 unspecified atom stereocenters. The highest BCUT2D eigenvalue weighted by Crippen LogP contribution is 2.29. The molecule has 0 aromatic heterocycles. The smallest absolute Gasteiger partial charge is 0.231 e. The molecular formula is C21H25Cl2N3O5S2. The van der Waals surface area contributed by atoms with Gasteiger partial charge in [0, 0.05) is 41.4 Å². The summed E-state index contributed by atoms with van der Waals surface area (Å²) in [5.74, 6) is -1.23. The second kappa shape index (κ2) is 10.2. The first kappa shape index (κ1) is 25.8. The Morgan fingerprint density at radius 3 is 2.39 bits per heavy atom. The fraction of sp³-hybridized carbons (Fsp3) is 0.381. The van der Waals surface area contributed by atoms with Crippen molar-refractivity contribution in [3.8, 4) is 0 Å². The van der Waals surface area contributed by atoms with Crippen LogP contribution in [0.5, 0.6) is 0 Å². The Bertz CT molecular complexity index is 1230. The summed E-state index contributed by atoms with van der Waals surface area (Å²) in [7, 11) is -5.77. The lowest BCUT2D eigenvalue weighted by atomic mass is 9.98. The van der Waals surface area contributed by atoms with E-state index in [1.165, 1.54) is 11.4 Å². The molecule has 2 aromatic carbocycles. The molecule has 1 amide bonds. The third-order valence-corrected chi connectivity index (χ3v) is 9.20. The van der Waals surface area contributed by atoms with Crippen LogP contribution in [0.1, 0.15) is 18.4 Å². The molecule has 1 heterocycles. The monoisotopic (exact) mass is 533 g/mol. The number of benzene rings is 2. The van der Waals surface area contributed by atoms with Crippen molar-refractivity contribution in [3.05, 3.63) is 58.1 Å². The van der Waals surface area contributed by atoms with Crippen molar-refractivity contribution in [1.82, 2.24) is 4.31 Å². The number of carbonyl (C=O) groups excluding carboxylic acids is 1. The van der Waals surface area contributed by atoms with Gasteiger partial charge >= 0.3 is 0 Å². The Morgan fingerprint density at radius 1 is 1.12 bits per heavy atom. The Kier molecular flexibility index (Phi) is 7.95. The number of halogens is 2. The second-order valence-corrected chi connectivity index (χ2v) is 12.7. The van der Waals surface area contributed by atoms with E-state index in [1.807, 2.05) is 0 Å². The van der Waals surface area contributed by atoms with E-state index in [0.29, 0.717) is 36.3 Å². The minimum atomic E-state index is -3.74. The largest absolute Gasteiger partial charge is 0.326 e. The van der Waals surface area contributed by atoms with Crippen LogP contribution in [-0.4, -0.2) is 53.4 Å². The van der Waals surface area contributed by atoms with E-state index in [2.05, 4.69) is 5.32 Å². The van der Waals surface area contributed by atoms with Crippen molar-refractivity contribution in [1.29, 1.82) is 0 Å². The van der Waals surface area contributed by atoms with Crippen LogP contribution in [0.3, 0.4) is 0 Å². The lowest BCUT2D eigenvalue weighted by Crippen LogP contribution is -2.44. The molecule has 1 atom stereocenters. The maximum atomic E-state index is 13.0. The molecule has 0 radical (unpaired) electrons. The number of hydrogen-bond donors (Lipinski definition) is 1. The number of hydrogen-bond acceptors (Lipinski definition) is 5. The number of sulfonamides is 2. The summed E-state index contributed by atoms with van der Waals surface area (Å²) in [5.41, 5.74) is 1.16. The fourth-order valence-corrected chi connectivity index (χ4v) is 6.43. The predicted octanol–water partition coefficient (Wildman–Crippen LogP) is 3.57. The molecule has 0 saturated carbocycles. The summed E-state index contributed by atoms with van der Waals surface area (Å²) >= 11 is 12.3. The van der Waals surface area contributed by atoms with E-state index in [1.54, 1.807) is 42.5 Å². The van der Waals surface area contributed by atoms with E-state index in [0.717, 1.165) is 10.6 Å². The summed E-state index contributed by atoms with van der Waals surface area (Å²) in [5, 5.41) is 3.32. The van der Waals surface area contributed by atoms with Gasteiger partial charge in [-0.2, -0.15) is 0 Å². The highest BCUT2D eigenvalue weighted by atomic mass is 35.5. The van der Waals surface area contributed by atoms with Gasteiger partial charge < -0.3 is 5.32 Å². The van der Waals surface area contributed by atoms with E-state index in [9.17, 15) is 21.6 Å². The van der Waals surface area contributed by atoms with Crippen LogP contribution >= 0.6 is 23.2 Å². The summed E-state index contributed by atoms with van der Waals surface area (Å²) in [6.45, 7) is 0.349. The quantitative estimate of drug-likeness (QED) is 0.585. The van der Waals surface area contributed by atoms with E-state index < -0.39 is 26.0 Å². The maximum Gasteiger partial charge on any atom is 0.231 e. The van der Waals surface area contributed by atoms with Gasteiger partial charge in [0.25, 0.3) is 0 Å². The van der Waals surface area contributed by atoms with Gasteiger partial charge in [-0.15, -0.1) is 0 Å². The second-order valence-electron chi connectivity index (χ2n) is 7.92. The summed E-state index contributed by atoms with van der Waals surface area (Å²) < 4.78 is 52.0. The van der Waals surface area contributed by atoms with E-state index in [-0.39, 0.29) is 28.3 Å². The van der Waals surface area contributed by atoms with Crippen LogP contribution in [0.2, 0.25) is 10.0 Å². The predicted molar refractivity (Wildman–Crippen MR) is 132 cm³/mol. The molecule has 1 saturated heterocycles. The topological polar surface area (TPSA) is 104 Å². The minimum absolute atomic E-state index is 0.0408. The number of amides is 1. The first-order valence-electron chi connectivity index (χ1n) is 10.1. The number of piperidine rings is 1. The molecule has 12 heteroatoms. The van der Waals surface area contributed by atoms with Crippen molar-refractivity contribution in [3.63, 3.8) is 0 Å². The average Bonchev–Trinajstić information content (AvgIpc) is 2.75. The van der Waals surface area contributed by atoms with E-state index >= 15 is 0 Å². The van der Waals surface area contributed by atoms with Crippen LogP contribution in [0, 0.1) is 5.92 Å². The molecule has 1 aliphatic rings. The zero-order valence-electron chi connectivity index (χ0n) is 18.2. The van der Waals surface area contributed by atoms with Crippen molar-refractivity contribution >= 4 is 60.5 Å². The molecule has 0 spiro atoms. The molecule has 1 aliphatic heterocycles. The number of nitrogens with zero attached hydrogens (tertiary/aromatic N) is 2. The van der Waals surface area contributed by atoms with Gasteiger partial charge in [-0.25, -0.2) is 21.1 Å². The highest BCUT2D eigenvalue weighted by Gasteiger charge is 2.33.